The minimum Gasteiger partial charge on any atom is -0.354 e. The predicted molar refractivity (Wildman–Crippen MR) is 110 cm³/mol. The summed E-state index contributed by atoms with van der Waals surface area (Å²) in [7, 11) is 1.83. The molecule has 23 heavy (non-hydrogen) atoms. The third-order valence-electron chi connectivity index (χ3n) is 3.96. The van der Waals surface area contributed by atoms with Crippen LogP contribution in [0.15, 0.2) is 17.6 Å². The van der Waals surface area contributed by atoms with Gasteiger partial charge in [0.2, 0.25) is 0 Å². The van der Waals surface area contributed by atoms with Gasteiger partial charge in [-0.15, -0.1) is 41.9 Å². The van der Waals surface area contributed by atoms with Crippen LogP contribution in [0.5, 0.6) is 0 Å². The lowest BCUT2D eigenvalue weighted by atomic mass is 10.1. The first-order valence-corrected chi connectivity index (χ1v) is 8.67. The lowest BCUT2D eigenvalue weighted by molar-refractivity contribution is 0.225. The number of aliphatic imine (C=N–C) groups is 1. The van der Waals surface area contributed by atoms with E-state index in [0.29, 0.717) is 6.04 Å². The van der Waals surface area contributed by atoms with Gasteiger partial charge < -0.3 is 10.6 Å². The third kappa shape index (κ3) is 6.39. The Morgan fingerprint density at radius 1 is 1.43 bits per heavy atom. The van der Waals surface area contributed by atoms with E-state index in [2.05, 4.69) is 39.0 Å². The minimum atomic E-state index is 0. The van der Waals surface area contributed by atoms with E-state index in [4.69, 9.17) is 0 Å². The molecular weight excluding hydrogens is 421 g/mol. The number of nitrogens with one attached hydrogen (secondary N) is 2. The quantitative estimate of drug-likeness (QED) is 0.314. The molecule has 0 saturated carbocycles. The largest absolute Gasteiger partial charge is 0.354 e. The monoisotopic (exact) mass is 449 g/mol. The molecule has 0 aliphatic carbocycles. The van der Waals surface area contributed by atoms with Crippen molar-refractivity contribution in [1.29, 1.82) is 0 Å². The number of rotatable bonds is 5. The molecule has 1 fully saturated rings. The van der Waals surface area contributed by atoms with E-state index in [-0.39, 0.29) is 24.0 Å². The summed E-state index contributed by atoms with van der Waals surface area (Å²) in [6.07, 6.45) is 4.27. The topological polar surface area (TPSA) is 52.5 Å². The summed E-state index contributed by atoms with van der Waals surface area (Å²) in [5.74, 6) is 0.882. The molecule has 2 N–H and O–H groups in total. The number of hydrogen-bond donors (Lipinski definition) is 2. The Balaban J connectivity index is 0.00000264. The SMILES string of the molecule is C=CCN1CCC(NC(=NC)NCc2sc(C)nc2C)CC1.I. The molecule has 1 aliphatic heterocycles. The molecule has 1 aromatic heterocycles. The number of halogens is 1. The van der Waals surface area contributed by atoms with Gasteiger partial charge in [0.25, 0.3) is 0 Å². The predicted octanol–water partition coefficient (Wildman–Crippen LogP) is 2.69. The lowest BCUT2D eigenvalue weighted by Gasteiger charge is -2.32. The van der Waals surface area contributed by atoms with Crippen LogP contribution in [0.1, 0.15) is 28.4 Å². The molecule has 0 amide bonds. The standard InChI is InChI=1S/C16H27N5S.HI/c1-5-8-21-9-6-14(7-10-21)20-16(17-4)18-11-15-12(2)19-13(3)22-15;/h5,14H,1,6-11H2,2-4H3,(H2,17,18,20);1H. The van der Waals surface area contributed by atoms with Crippen molar-refractivity contribution in [2.45, 2.75) is 39.3 Å². The molecule has 0 unspecified atom stereocenters. The average molecular weight is 449 g/mol. The number of guanidine groups is 1. The van der Waals surface area contributed by atoms with Crippen molar-refractivity contribution in [1.82, 2.24) is 20.5 Å². The van der Waals surface area contributed by atoms with Crippen molar-refractivity contribution < 1.29 is 0 Å². The highest BCUT2D eigenvalue weighted by atomic mass is 127. The Kier molecular flexibility index (Phi) is 9.08. The molecule has 1 aromatic rings. The van der Waals surface area contributed by atoms with Gasteiger partial charge in [-0.1, -0.05) is 6.08 Å². The van der Waals surface area contributed by atoms with Crippen LogP contribution in [0.2, 0.25) is 0 Å². The number of hydrogen-bond acceptors (Lipinski definition) is 4. The van der Waals surface area contributed by atoms with Crippen LogP contribution >= 0.6 is 35.3 Å². The van der Waals surface area contributed by atoms with E-state index in [9.17, 15) is 0 Å². The lowest BCUT2D eigenvalue weighted by Crippen LogP contribution is -2.48. The van der Waals surface area contributed by atoms with E-state index in [1.807, 2.05) is 20.0 Å². The molecular formula is C16H28IN5S. The summed E-state index contributed by atoms with van der Waals surface area (Å²) < 4.78 is 0. The van der Waals surface area contributed by atoms with Gasteiger partial charge >= 0.3 is 0 Å². The molecule has 0 atom stereocenters. The Bertz CT molecular complexity index is 521. The number of aryl methyl sites for hydroxylation is 2. The van der Waals surface area contributed by atoms with Crippen LogP contribution in [0.3, 0.4) is 0 Å². The Morgan fingerprint density at radius 2 is 2.13 bits per heavy atom. The van der Waals surface area contributed by atoms with Crippen LogP contribution in [-0.4, -0.2) is 48.6 Å². The first-order chi connectivity index (χ1) is 10.6. The summed E-state index contributed by atoms with van der Waals surface area (Å²) in [5, 5.41) is 8.06. The summed E-state index contributed by atoms with van der Waals surface area (Å²) in [5.41, 5.74) is 1.11. The van der Waals surface area contributed by atoms with Gasteiger partial charge in [0.1, 0.15) is 0 Å². The molecule has 0 bridgehead atoms. The molecule has 7 heteroatoms. The number of piperidine rings is 1. The Morgan fingerprint density at radius 3 is 2.65 bits per heavy atom. The maximum atomic E-state index is 4.46. The Hall–Kier alpha value is -0.670. The first kappa shape index (κ1) is 20.4. The van der Waals surface area contributed by atoms with Crippen molar-refractivity contribution in [2.75, 3.05) is 26.7 Å². The van der Waals surface area contributed by atoms with Crippen molar-refractivity contribution in [2.24, 2.45) is 4.99 Å². The zero-order valence-electron chi connectivity index (χ0n) is 14.3. The molecule has 0 spiro atoms. The number of aromatic nitrogens is 1. The zero-order chi connectivity index (χ0) is 15.9. The summed E-state index contributed by atoms with van der Waals surface area (Å²) in [6, 6.07) is 0.497. The maximum absolute atomic E-state index is 4.46. The third-order valence-corrected chi connectivity index (χ3v) is 5.03. The highest BCUT2D eigenvalue weighted by Gasteiger charge is 2.19. The smallest absolute Gasteiger partial charge is 0.191 e. The molecule has 1 saturated heterocycles. The molecule has 130 valence electrons. The molecule has 1 aliphatic rings. The minimum absolute atomic E-state index is 0. The first-order valence-electron chi connectivity index (χ1n) is 7.85. The molecule has 2 rings (SSSR count). The van der Waals surface area contributed by atoms with E-state index in [1.54, 1.807) is 11.3 Å². The number of likely N-dealkylation sites (tertiary alicyclic amines) is 1. The summed E-state index contributed by atoms with van der Waals surface area (Å²) >= 11 is 1.75. The van der Waals surface area contributed by atoms with Gasteiger partial charge in [-0.2, -0.15) is 0 Å². The van der Waals surface area contributed by atoms with Crippen molar-refractivity contribution in [3.63, 3.8) is 0 Å². The number of thiazole rings is 1. The van der Waals surface area contributed by atoms with Crippen molar-refractivity contribution in [3.8, 4) is 0 Å². The van der Waals surface area contributed by atoms with Crippen LogP contribution in [0.25, 0.3) is 0 Å². The molecule has 0 aromatic carbocycles. The van der Waals surface area contributed by atoms with Crippen LogP contribution in [-0.2, 0) is 6.54 Å². The fraction of sp³-hybridized carbons (Fsp3) is 0.625. The second-order valence-corrected chi connectivity index (χ2v) is 6.96. The van der Waals surface area contributed by atoms with Gasteiger partial charge in [0, 0.05) is 37.6 Å². The van der Waals surface area contributed by atoms with E-state index >= 15 is 0 Å². The molecule has 0 radical (unpaired) electrons. The fourth-order valence-corrected chi connectivity index (χ4v) is 3.61. The number of nitrogens with zero attached hydrogens (tertiary/aromatic N) is 3. The van der Waals surface area contributed by atoms with Crippen molar-refractivity contribution >= 4 is 41.3 Å². The zero-order valence-corrected chi connectivity index (χ0v) is 17.4. The second kappa shape index (κ2) is 10.2. The Labute approximate surface area is 160 Å². The molecule has 2 heterocycles. The second-order valence-electron chi connectivity index (χ2n) is 5.68. The fourth-order valence-electron chi connectivity index (χ4n) is 2.73. The van der Waals surface area contributed by atoms with Gasteiger partial charge in [-0.3, -0.25) is 9.89 Å². The van der Waals surface area contributed by atoms with Crippen LogP contribution in [0.4, 0.5) is 0 Å². The summed E-state index contributed by atoms with van der Waals surface area (Å²) in [4.78, 5) is 12.5. The van der Waals surface area contributed by atoms with E-state index in [1.165, 1.54) is 4.88 Å². The van der Waals surface area contributed by atoms with Gasteiger partial charge in [0.05, 0.1) is 17.2 Å². The van der Waals surface area contributed by atoms with Crippen LogP contribution < -0.4 is 10.6 Å². The van der Waals surface area contributed by atoms with Gasteiger partial charge in [-0.25, -0.2) is 4.98 Å². The molecule has 5 nitrogen and oxygen atoms in total. The highest BCUT2D eigenvalue weighted by molar-refractivity contribution is 14.0. The summed E-state index contributed by atoms with van der Waals surface area (Å²) in [6.45, 7) is 11.9. The van der Waals surface area contributed by atoms with E-state index < -0.39 is 0 Å². The van der Waals surface area contributed by atoms with Gasteiger partial charge in [-0.05, 0) is 26.7 Å². The normalized spacial score (nSPS) is 16.7. The van der Waals surface area contributed by atoms with Crippen molar-refractivity contribution in [3.05, 3.63) is 28.2 Å². The van der Waals surface area contributed by atoms with Crippen LogP contribution in [0, 0.1) is 13.8 Å². The maximum Gasteiger partial charge on any atom is 0.191 e. The van der Waals surface area contributed by atoms with Gasteiger partial charge in [0.15, 0.2) is 5.96 Å². The highest BCUT2D eigenvalue weighted by Crippen LogP contribution is 2.16. The average Bonchev–Trinajstić information content (AvgIpc) is 2.83. The van der Waals surface area contributed by atoms with E-state index in [0.717, 1.165) is 55.7 Å².